The van der Waals surface area contributed by atoms with Gasteiger partial charge in [-0.3, -0.25) is 14.8 Å². The summed E-state index contributed by atoms with van der Waals surface area (Å²) in [5, 5.41) is 19.2. The number of fused-ring (bicyclic) bond motifs is 1. The van der Waals surface area contributed by atoms with Gasteiger partial charge >= 0.3 is 8.32 Å². The third-order valence-corrected chi connectivity index (χ3v) is 13.7. The second kappa shape index (κ2) is 13.3. The first-order valence-electron chi connectivity index (χ1n) is 16.3. The molecule has 2 aromatic heterocycles. The van der Waals surface area contributed by atoms with Crippen molar-refractivity contribution in [3.8, 4) is 11.8 Å². The molecule has 2 heterocycles. The quantitative estimate of drug-likeness (QED) is 0.163. The predicted octanol–water partition coefficient (Wildman–Crippen LogP) is 6.87. The molecule has 6 aromatic rings. The van der Waals surface area contributed by atoms with Gasteiger partial charge in [0.15, 0.2) is 0 Å². The summed E-state index contributed by atoms with van der Waals surface area (Å²) in [7, 11) is -2.75. The van der Waals surface area contributed by atoms with Gasteiger partial charge in [-0.1, -0.05) is 93.6 Å². The molecular weight excluding hydrogens is 613 g/mol. The van der Waals surface area contributed by atoms with E-state index in [0.717, 1.165) is 22.5 Å². The standard InChI is InChI=1S/C39H40N6O2Si/c1-6-45-36(25-28(2)43-45)37(46)42-38-41-34-26-30(27-40)19-22-35(34)44(38)24-23-29-17-20-31(21-18-29)47-48(39(3,4)5,32-13-9-7-10-14-32)33-15-11-8-12-16-33/h7-22,25-26H,6,23-24H2,1-5H3,(H,41,42,46). The Balaban J connectivity index is 1.28. The maximum Gasteiger partial charge on any atom is 0.319 e. The highest BCUT2D eigenvalue weighted by atomic mass is 28.4. The second-order valence-corrected chi connectivity index (χ2v) is 17.2. The van der Waals surface area contributed by atoms with E-state index in [0.29, 0.717) is 42.2 Å². The maximum absolute atomic E-state index is 13.4. The molecule has 0 bridgehead atoms. The van der Waals surface area contributed by atoms with E-state index in [2.05, 4.69) is 122 Å². The molecule has 48 heavy (non-hydrogen) atoms. The molecule has 4 aromatic carbocycles. The Morgan fingerprint density at radius 3 is 2.15 bits per heavy atom. The number of carbonyl (C=O) groups excluding carboxylic acids is 1. The molecule has 0 aliphatic heterocycles. The molecule has 0 spiro atoms. The number of anilines is 1. The summed E-state index contributed by atoms with van der Waals surface area (Å²) in [5.41, 5.74) is 4.38. The van der Waals surface area contributed by atoms with Crippen LogP contribution in [-0.4, -0.2) is 33.6 Å². The average Bonchev–Trinajstić information content (AvgIpc) is 3.65. The van der Waals surface area contributed by atoms with Crippen molar-refractivity contribution < 1.29 is 9.22 Å². The van der Waals surface area contributed by atoms with Crippen molar-refractivity contribution in [2.24, 2.45) is 0 Å². The van der Waals surface area contributed by atoms with Crippen LogP contribution in [-0.2, 0) is 19.5 Å². The van der Waals surface area contributed by atoms with Crippen molar-refractivity contribution in [2.45, 2.75) is 59.2 Å². The Hall–Kier alpha value is -5.46. The smallest absolute Gasteiger partial charge is 0.319 e. The van der Waals surface area contributed by atoms with Gasteiger partial charge in [-0.25, -0.2) is 4.98 Å². The van der Waals surface area contributed by atoms with Crippen molar-refractivity contribution >= 4 is 41.6 Å². The average molecular weight is 653 g/mol. The van der Waals surface area contributed by atoms with E-state index in [-0.39, 0.29) is 10.9 Å². The van der Waals surface area contributed by atoms with Gasteiger partial charge in [0.2, 0.25) is 5.95 Å². The summed E-state index contributed by atoms with van der Waals surface area (Å²) in [5.74, 6) is 0.985. The number of carbonyl (C=O) groups is 1. The van der Waals surface area contributed by atoms with Crippen LogP contribution in [0.3, 0.4) is 0 Å². The molecule has 6 rings (SSSR count). The molecule has 0 atom stereocenters. The molecule has 9 heteroatoms. The Kier molecular flexibility index (Phi) is 9.02. The number of aromatic nitrogens is 4. The zero-order valence-corrected chi connectivity index (χ0v) is 29.1. The molecule has 8 nitrogen and oxygen atoms in total. The first-order chi connectivity index (χ1) is 23.1. The van der Waals surface area contributed by atoms with Crippen molar-refractivity contribution in [3.63, 3.8) is 0 Å². The molecule has 242 valence electrons. The third-order valence-electron chi connectivity index (χ3n) is 8.77. The van der Waals surface area contributed by atoms with Gasteiger partial charge in [0.05, 0.1) is 28.4 Å². The number of nitriles is 1. The van der Waals surface area contributed by atoms with Crippen LogP contribution in [0.1, 0.15) is 55.0 Å². The lowest BCUT2D eigenvalue weighted by molar-refractivity contribution is 0.101. The SMILES string of the molecule is CCn1nc(C)cc1C(=O)Nc1nc2cc(C#N)ccc2n1CCc1ccc(O[Si](c2ccccc2)(c2ccccc2)C(C)(C)C)cc1. The van der Waals surface area contributed by atoms with E-state index in [4.69, 9.17) is 9.41 Å². The normalized spacial score (nSPS) is 11.8. The minimum atomic E-state index is -2.75. The van der Waals surface area contributed by atoms with E-state index in [9.17, 15) is 10.1 Å². The Morgan fingerprint density at radius 2 is 1.56 bits per heavy atom. The lowest BCUT2D eigenvalue weighted by atomic mass is 10.1. The van der Waals surface area contributed by atoms with Crippen molar-refractivity contribution in [2.75, 3.05) is 5.32 Å². The molecule has 0 radical (unpaired) electrons. The van der Waals surface area contributed by atoms with Crippen LogP contribution in [0.15, 0.2) is 109 Å². The number of imidazole rings is 1. The van der Waals surface area contributed by atoms with E-state index < -0.39 is 8.32 Å². The molecule has 1 N–H and O–H groups in total. The van der Waals surface area contributed by atoms with E-state index in [1.165, 1.54) is 10.4 Å². The summed E-state index contributed by atoms with van der Waals surface area (Å²) < 4.78 is 10.9. The number of rotatable bonds is 10. The van der Waals surface area contributed by atoms with Crippen molar-refractivity contribution in [1.82, 2.24) is 19.3 Å². The van der Waals surface area contributed by atoms with Gasteiger partial charge < -0.3 is 8.99 Å². The molecule has 0 unspecified atom stereocenters. The molecule has 0 aliphatic rings. The number of aryl methyl sites for hydroxylation is 4. The van der Waals surface area contributed by atoms with Crippen LogP contribution < -0.4 is 20.1 Å². The van der Waals surface area contributed by atoms with Gasteiger partial charge in [0.25, 0.3) is 5.91 Å². The lowest BCUT2D eigenvalue weighted by Crippen LogP contribution is -2.68. The molecule has 1 amide bonds. The second-order valence-electron chi connectivity index (χ2n) is 13.0. The van der Waals surface area contributed by atoms with Gasteiger partial charge in [-0.2, -0.15) is 10.4 Å². The number of amides is 1. The molecule has 0 aliphatic carbocycles. The molecule has 0 saturated heterocycles. The largest absolute Gasteiger partial charge is 0.534 e. The Morgan fingerprint density at radius 1 is 0.917 bits per heavy atom. The number of hydrogen-bond acceptors (Lipinski definition) is 5. The van der Waals surface area contributed by atoms with Gasteiger partial charge in [-0.15, -0.1) is 0 Å². The number of nitrogens with one attached hydrogen (secondary N) is 1. The number of benzene rings is 4. The highest BCUT2D eigenvalue weighted by molar-refractivity contribution is 7.00. The number of hydrogen-bond donors (Lipinski definition) is 1. The van der Waals surface area contributed by atoms with E-state index in [1.807, 2.05) is 24.5 Å². The number of nitrogens with zero attached hydrogens (tertiary/aromatic N) is 5. The summed E-state index contributed by atoms with van der Waals surface area (Å²) in [6, 6.07) is 39.0. The maximum atomic E-state index is 13.4. The van der Waals surface area contributed by atoms with Gasteiger partial charge in [0, 0.05) is 13.1 Å². The predicted molar refractivity (Wildman–Crippen MR) is 193 cm³/mol. The summed E-state index contributed by atoms with van der Waals surface area (Å²) in [6.45, 7) is 11.8. The summed E-state index contributed by atoms with van der Waals surface area (Å²) >= 11 is 0. The minimum Gasteiger partial charge on any atom is -0.534 e. The highest BCUT2D eigenvalue weighted by Crippen LogP contribution is 2.37. The monoisotopic (exact) mass is 652 g/mol. The van der Waals surface area contributed by atoms with E-state index >= 15 is 0 Å². The van der Waals surface area contributed by atoms with Crippen LogP contribution in [0.4, 0.5) is 5.95 Å². The highest BCUT2D eigenvalue weighted by Gasteiger charge is 2.52. The topological polar surface area (TPSA) is 97.8 Å². The summed E-state index contributed by atoms with van der Waals surface area (Å²) in [4.78, 5) is 18.1. The zero-order valence-electron chi connectivity index (χ0n) is 28.1. The van der Waals surface area contributed by atoms with Gasteiger partial charge in [-0.05, 0) is 77.6 Å². The molecule has 0 fully saturated rings. The Bertz CT molecular complexity index is 2050. The summed E-state index contributed by atoms with van der Waals surface area (Å²) in [6.07, 6.45) is 0.694. The lowest BCUT2D eigenvalue weighted by Gasteiger charge is -2.43. The van der Waals surface area contributed by atoms with Gasteiger partial charge in [0.1, 0.15) is 11.4 Å². The fourth-order valence-corrected chi connectivity index (χ4v) is 10.9. The van der Waals surface area contributed by atoms with Crippen LogP contribution >= 0.6 is 0 Å². The fraction of sp³-hybridized carbons (Fsp3) is 0.231. The van der Waals surface area contributed by atoms with Crippen LogP contribution in [0.25, 0.3) is 11.0 Å². The Labute approximate surface area is 282 Å². The first-order valence-corrected chi connectivity index (χ1v) is 18.2. The molecule has 0 saturated carbocycles. The van der Waals surface area contributed by atoms with Crippen LogP contribution in [0, 0.1) is 18.3 Å². The first kappa shape index (κ1) is 32.5. The minimum absolute atomic E-state index is 0.142. The fourth-order valence-electron chi connectivity index (χ4n) is 6.45. The van der Waals surface area contributed by atoms with E-state index in [1.54, 1.807) is 22.9 Å². The molecular formula is C39H40N6O2Si. The zero-order chi connectivity index (χ0) is 33.9. The third kappa shape index (κ3) is 6.27. The van der Waals surface area contributed by atoms with Crippen molar-refractivity contribution in [3.05, 3.63) is 132 Å². The van der Waals surface area contributed by atoms with Crippen LogP contribution in [0.2, 0.25) is 5.04 Å². The van der Waals surface area contributed by atoms with Crippen molar-refractivity contribution in [1.29, 1.82) is 5.26 Å². The van der Waals surface area contributed by atoms with Crippen LogP contribution in [0.5, 0.6) is 5.75 Å².